The third-order valence-corrected chi connectivity index (χ3v) is 5.01. The number of nitrogens with one attached hydrogen (secondary N) is 3. The summed E-state index contributed by atoms with van der Waals surface area (Å²) < 4.78 is 24.7. The molecule has 0 saturated heterocycles. The van der Waals surface area contributed by atoms with Gasteiger partial charge in [-0.05, 0) is 48.0 Å². The summed E-state index contributed by atoms with van der Waals surface area (Å²) in [6.45, 7) is -0.798. The van der Waals surface area contributed by atoms with Crippen molar-refractivity contribution in [3.63, 3.8) is 0 Å². The molecule has 4 rings (SSSR count). The number of aromatic amines is 1. The van der Waals surface area contributed by atoms with Crippen LogP contribution in [0, 0.1) is 5.41 Å². The Morgan fingerprint density at radius 1 is 1.20 bits per heavy atom. The molecule has 1 unspecified atom stereocenters. The predicted octanol–water partition coefficient (Wildman–Crippen LogP) is 2.19. The molecule has 2 heterocycles. The lowest BCUT2D eigenvalue weighted by Gasteiger charge is -2.20. The number of rotatable bonds is 10. The lowest BCUT2D eigenvalue weighted by atomic mass is 10.0. The number of benzene rings is 2. The van der Waals surface area contributed by atoms with Crippen LogP contribution in [-0.4, -0.2) is 51.0 Å². The van der Waals surface area contributed by atoms with E-state index in [0.29, 0.717) is 28.3 Å². The minimum absolute atomic E-state index is 0.0520. The summed E-state index contributed by atoms with van der Waals surface area (Å²) in [4.78, 5) is 23.6. The fourth-order valence-electron chi connectivity index (χ4n) is 3.36. The van der Waals surface area contributed by atoms with Gasteiger partial charge in [-0.15, -0.1) is 9.78 Å². The molecular weight excluding hydrogens is 455 g/mol. The lowest BCUT2D eigenvalue weighted by Crippen LogP contribution is -2.18. The van der Waals surface area contributed by atoms with Crippen molar-refractivity contribution in [2.45, 2.75) is 6.04 Å². The topological polar surface area (TPSA) is 157 Å². The van der Waals surface area contributed by atoms with Gasteiger partial charge in [0.15, 0.2) is 17.3 Å². The van der Waals surface area contributed by atoms with Crippen molar-refractivity contribution < 1.29 is 13.9 Å². The molecule has 0 spiro atoms. The fraction of sp³-hybridized carbons (Fsp3) is 0.174. The van der Waals surface area contributed by atoms with Crippen LogP contribution in [0.2, 0.25) is 0 Å². The van der Waals surface area contributed by atoms with E-state index in [-0.39, 0.29) is 24.2 Å². The van der Waals surface area contributed by atoms with Crippen molar-refractivity contribution in [1.82, 2.24) is 24.7 Å². The number of nitrogen functional groups attached to an aromatic ring is 1. The van der Waals surface area contributed by atoms with E-state index in [1.165, 1.54) is 19.5 Å². The van der Waals surface area contributed by atoms with E-state index in [0.717, 1.165) is 4.68 Å². The van der Waals surface area contributed by atoms with Crippen LogP contribution in [0.15, 0.2) is 65.7 Å². The Balaban J connectivity index is 1.77. The van der Waals surface area contributed by atoms with E-state index in [2.05, 4.69) is 25.4 Å². The van der Waals surface area contributed by atoms with Gasteiger partial charge in [-0.3, -0.25) is 10.4 Å². The zero-order chi connectivity index (χ0) is 24.8. The number of amidine groups is 1. The number of alkyl halides is 1. The number of anilines is 1. The van der Waals surface area contributed by atoms with Gasteiger partial charge in [0.2, 0.25) is 0 Å². The summed E-state index contributed by atoms with van der Waals surface area (Å²) in [6, 6.07) is 13.0. The van der Waals surface area contributed by atoms with E-state index < -0.39 is 18.4 Å². The molecular formula is C23H23FN8O3. The number of aromatic nitrogens is 5. The first-order valence-corrected chi connectivity index (χ1v) is 10.5. The summed E-state index contributed by atoms with van der Waals surface area (Å²) in [5.41, 5.74) is 6.93. The van der Waals surface area contributed by atoms with Crippen molar-refractivity contribution in [1.29, 1.82) is 5.41 Å². The van der Waals surface area contributed by atoms with Gasteiger partial charge in [0.25, 0.3) is 5.95 Å². The first-order valence-electron chi connectivity index (χ1n) is 10.5. The molecule has 0 amide bonds. The largest absolute Gasteiger partial charge is 0.493 e. The standard InChI is InChI=1S/C23H23FN8O3/c1-34-17-8-5-15(13-18(17)35-12-9-24)19(29-16-6-3-14(4-7-16)20(25)26)21-30-23(33)32(31-21)22-27-10-2-11-28-22/h2-8,10-11,13,19,29H,9,12H2,1H3,(H3,25,26)(H,30,31,33). The van der Waals surface area contributed by atoms with Crippen LogP contribution >= 0.6 is 0 Å². The second kappa shape index (κ2) is 10.5. The molecule has 35 heavy (non-hydrogen) atoms. The molecule has 0 aliphatic rings. The van der Waals surface area contributed by atoms with E-state index in [1.54, 1.807) is 48.5 Å². The van der Waals surface area contributed by atoms with Gasteiger partial charge in [-0.25, -0.2) is 19.2 Å². The summed E-state index contributed by atoms with van der Waals surface area (Å²) >= 11 is 0. The molecule has 0 saturated carbocycles. The maximum Gasteiger partial charge on any atom is 0.350 e. The van der Waals surface area contributed by atoms with Crippen LogP contribution in [0.1, 0.15) is 23.0 Å². The van der Waals surface area contributed by atoms with Crippen molar-refractivity contribution in [2.24, 2.45) is 5.73 Å². The molecule has 0 aliphatic heterocycles. The second-order valence-corrected chi connectivity index (χ2v) is 7.29. The van der Waals surface area contributed by atoms with Gasteiger partial charge in [0, 0.05) is 23.6 Å². The second-order valence-electron chi connectivity index (χ2n) is 7.29. The van der Waals surface area contributed by atoms with Gasteiger partial charge in [-0.2, -0.15) is 0 Å². The lowest BCUT2D eigenvalue weighted by molar-refractivity contribution is 0.260. The molecule has 2 aromatic carbocycles. The number of halogens is 1. The van der Waals surface area contributed by atoms with Gasteiger partial charge < -0.3 is 20.5 Å². The zero-order valence-corrected chi connectivity index (χ0v) is 18.7. The first kappa shape index (κ1) is 23.4. The van der Waals surface area contributed by atoms with Crippen LogP contribution in [0.25, 0.3) is 5.95 Å². The van der Waals surface area contributed by atoms with Crippen LogP contribution in [-0.2, 0) is 0 Å². The molecule has 5 N–H and O–H groups in total. The monoisotopic (exact) mass is 478 g/mol. The normalized spacial score (nSPS) is 11.6. The molecule has 0 bridgehead atoms. The van der Waals surface area contributed by atoms with E-state index in [9.17, 15) is 9.18 Å². The van der Waals surface area contributed by atoms with Gasteiger partial charge in [-0.1, -0.05) is 6.07 Å². The molecule has 180 valence electrons. The van der Waals surface area contributed by atoms with Crippen molar-refractivity contribution in [3.8, 4) is 17.4 Å². The number of ether oxygens (including phenoxy) is 2. The summed E-state index contributed by atoms with van der Waals surface area (Å²) in [5, 5.41) is 15.3. The third kappa shape index (κ3) is 5.27. The van der Waals surface area contributed by atoms with Crippen LogP contribution in [0.5, 0.6) is 11.5 Å². The molecule has 11 nitrogen and oxygen atoms in total. The Bertz CT molecular complexity index is 1360. The molecule has 0 radical (unpaired) electrons. The molecule has 1 atom stereocenters. The Kier molecular flexibility index (Phi) is 7.00. The Hall–Kier alpha value is -4.74. The van der Waals surface area contributed by atoms with Crippen molar-refractivity contribution in [3.05, 3.63) is 88.4 Å². The number of nitrogens with two attached hydrogens (primary N) is 1. The van der Waals surface area contributed by atoms with E-state index in [1.807, 2.05) is 0 Å². The molecule has 0 fully saturated rings. The highest BCUT2D eigenvalue weighted by Gasteiger charge is 2.22. The molecule has 0 aliphatic carbocycles. The smallest absolute Gasteiger partial charge is 0.350 e. The molecule has 12 heteroatoms. The minimum Gasteiger partial charge on any atom is -0.493 e. The average molecular weight is 478 g/mol. The summed E-state index contributed by atoms with van der Waals surface area (Å²) in [6.07, 6.45) is 3.01. The van der Waals surface area contributed by atoms with Crippen LogP contribution < -0.4 is 26.2 Å². The number of methoxy groups -OCH3 is 1. The fourth-order valence-corrected chi connectivity index (χ4v) is 3.36. The van der Waals surface area contributed by atoms with Crippen molar-refractivity contribution in [2.75, 3.05) is 25.7 Å². The quantitative estimate of drug-likeness (QED) is 0.200. The minimum atomic E-state index is -0.660. The van der Waals surface area contributed by atoms with Crippen LogP contribution in [0.3, 0.4) is 0 Å². The number of H-pyrrole nitrogens is 1. The van der Waals surface area contributed by atoms with Gasteiger partial charge in [0.05, 0.1) is 7.11 Å². The zero-order valence-electron chi connectivity index (χ0n) is 18.7. The molecule has 2 aromatic heterocycles. The van der Waals surface area contributed by atoms with Gasteiger partial charge in [0.1, 0.15) is 25.2 Å². The Morgan fingerprint density at radius 3 is 2.60 bits per heavy atom. The number of nitrogens with zero attached hydrogens (tertiary/aromatic N) is 4. The average Bonchev–Trinajstić information content (AvgIpc) is 3.27. The number of hydrogen-bond donors (Lipinski definition) is 4. The summed E-state index contributed by atoms with van der Waals surface area (Å²) in [7, 11) is 1.49. The SMILES string of the molecule is COc1ccc(C(Nc2ccc(C(=N)N)cc2)c2nn(-c3ncccn3)c(=O)[nH]2)cc1OCCF. The molecule has 4 aromatic rings. The van der Waals surface area contributed by atoms with E-state index in [4.69, 9.17) is 20.6 Å². The highest BCUT2D eigenvalue weighted by atomic mass is 19.1. The number of hydrogen-bond acceptors (Lipinski definition) is 8. The van der Waals surface area contributed by atoms with E-state index >= 15 is 0 Å². The Morgan fingerprint density at radius 2 is 1.94 bits per heavy atom. The maximum atomic E-state index is 12.8. The van der Waals surface area contributed by atoms with Gasteiger partial charge >= 0.3 is 5.69 Å². The highest BCUT2D eigenvalue weighted by molar-refractivity contribution is 5.95. The summed E-state index contributed by atoms with van der Waals surface area (Å²) in [5.74, 6) is 1.12. The maximum absolute atomic E-state index is 12.8. The Labute approximate surface area is 199 Å². The predicted molar refractivity (Wildman–Crippen MR) is 127 cm³/mol. The van der Waals surface area contributed by atoms with Crippen molar-refractivity contribution >= 4 is 11.5 Å². The highest BCUT2D eigenvalue weighted by Crippen LogP contribution is 2.33. The van der Waals surface area contributed by atoms with Crippen LogP contribution in [0.4, 0.5) is 10.1 Å². The third-order valence-electron chi connectivity index (χ3n) is 5.01. The first-order chi connectivity index (χ1) is 17.0.